The molecule has 0 aliphatic carbocycles. The zero-order chi connectivity index (χ0) is 12.6. The number of Topliss-reactive ketones (excluding diaryl/α,β-unsaturated/α-hetero) is 1. The number of hydrogen-bond donors (Lipinski definition) is 1. The molecule has 0 aromatic carbocycles. The fraction of sp³-hybridized carbons (Fsp3) is 0.700. The number of methoxy groups -OCH3 is 1. The van der Waals surface area contributed by atoms with E-state index in [-0.39, 0.29) is 12.2 Å². The van der Waals surface area contributed by atoms with E-state index in [4.69, 9.17) is 0 Å². The Labute approximate surface area is 99.3 Å². The lowest BCUT2D eigenvalue weighted by atomic mass is 10.2. The maximum absolute atomic E-state index is 11.3. The minimum atomic E-state index is -0.663. The van der Waals surface area contributed by atoms with Gasteiger partial charge in [-0.15, -0.1) is 0 Å². The summed E-state index contributed by atoms with van der Waals surface area (Å²) in [7, 11) is 1.27. The molecule has 0 saturated heterocycles. The number of hydrogen-bond acceptors (Lipinski definition) is 5. The number of ether oxygens (including phenoxy) is 1. The van der Waals surface area contributed by atoms with Crippen molar-refractivity contribution in [3.63, 3.8) is 0 Å². The molecule has 5 nitrogen and oxygen atoms in total. The molecule has 0 saturated carbocycles. The first kappa shape index (κ1) is 15.0. The predicted octanol–water partition coefficient (Wildman–Crippen LogP) is 0.376. The highest BCUT2D eigenvalue weighted by Crippen LogP contribution is 2.02. The van der Waals surface area contributed by atoms with Gasteiger partial charge in [-0.1, -0.05) is 0 Å². The number of carbonyl (C=O) groups is 3. The summed E-state index contributed by atoms with van der Waals surface area (Å²) >= 11 is 1.57. The van der Waals surface area contributed by atoms with Crippen molar-refractivity contribution in [2.75, 3.05) is 19.1 Å². The van der Waals surface area contributed by atoms with E-state index in [1.165, 1.54) is 14.0 Å². The number of thioether (sulfide) groups is 1. The highest BCUT2D eigenvalue weighted by molar-refractivity contribution is 7.98. The standard InChI is InChI=1S/C10H17NO4S/c1-7(12)6-9(13)11-8(4-5-16-3)10(14)15-2/h8H,4-6H2,1-3H3,(H,11,13). The number of amides is 1. The first-order valence-electron chi connectivity index (χ1n) is 4.86. The van der Waals surface area contributed by atoms with Crippen LogP contribution in [0.1, 0.15) is 19.8 Å². The van der Waals surface area contributed by atoms with Crippen molar-refractivity contribution in [2.45, 2.75) is 25.8 Å². The fourth-order valence-corrected chi connectivity index (χ4v) is 1.57. The molecule has 0 aliphatic heterocycles. The SMILES string of the molecule is COC(=O)C(CCSC)NC(=O)CC(C)=O. The number of ketones is 1. The molecule has 0 rings (SSSR count). The molecule has 0 aliphatic rings. The Bertz CT molecular complexity index is 268. The van der Waals surface area contributed by atoms with E-state index in [2.05, 4.69) is 10.1 Å². The third kappa shape index (κ3) is 6.44. The Hall–Kier alpha value is -1.04. The van der Waals surface area contributed by atoms with Gasteiger partial charge in [0.1, 0.15) is 11.8 Å². The van der Waals surface area contributed by atoms with Gasteiger partial charge in [-0.25, -0.2) is 4.79 Å². The molecule has 1 N–H and O–H groups in total. The van der Waals surface area contributed by atoms with Gasteiger partial charge in [0.15, 0.2) is 0 Å². The minimum absolute atomic E-state index is 0.202. The lowest BCUT2D eigenvalue weighted by Crippen LogP contribution is -2.42. The van der Waals surface area contributed by atoms with Crippen molar-refractivity contribution in [1.82, 2.24) is 5.32 Å². The van der Waals surface area contributed by atoms with Gasteiger partial charge in [-0.05, 0) is 25.4 Å². The largest absolute Gasteiger partial charge is 0.467 e. The minimum Gasteiger partial charge on any atom is -0.467 e. The van der Waals surface area contributed by atoms with Gasteiger partial charge in [0.25, 0.3) is 0 Å². The van der Waals surface area contributed by atoms with Crippen LogP contribution in [-0.4, -0.2) is 42.8 Å². The van der Waals surface area contributed by atoms with Gasteiger partial charge in [-0.3, -0.25) is 9.59 Å². The van der Waals surface area contributed by atoms with E-state index < -0.39 is 17.9 Å². The van der Waals surface area contributed by atoms with Crippen LogP contribution in [0.15, 0.2) is 0 Å². The molecule has 92 valence electrons. The Kier molecular flexibility index (Phi) is 7.62. The molecule has 0 heterocycles. The van der Waals surface area contributed by atoms with Gasteiger partial charge in [0.05, 0.1) is 13.5 Å². The highest BCUT2D eigenvalue weighted by Gasteiger charge is 2.21. The average molecular weight is 247 g/mol. The third-order valence-electron chi connectivity index (χ3n) is 1.84. The molecule has 0 bridgehead atoms. The summed E-state index contributed by atoms with van der Waals surface area (Å²) in [5, 5.41) is 2.49. The topological polar surface area (TPSA) is 72.5 Å². The lowest BCUT2D eigenvalue weighted by molar-refractivity contribution is -0.145. The first-order chi connectivity index (χ1) is 7.51. The Morgan fingerprint density at radius 1 is 1.38 bits per heavy atom. The van der Waals surface area contributed by atoms with E-state index in [9.17, 15) is 14.4 Å². The van der Waals surface area contributed by atoms with E-state index >= 15 is 0 Å². The summed E-state index contributed by atoms with van der Waals surface area (Å²) in [5.41, 5.74) is 0. The molecule has 1 amide bonds. The van der Waals surface area contributed by atoms with Gasteiger partial charge in [-0.2, -0.15) is 11.8 Å². The molecule has 0 spiro atoms. The van der Waals surface area contributed by atoms with Crippen LogP contribution in [-0.2, 0) is 19.1 Å². The molecular formula is C10H17NO4S. The Balaban J connectivity index is 4.24. The number of esters is 1. The summed E-state index contributed by atoms with van der Waals surface area (Å²) < 4.78 is 4.57. The van der Waals surface area contributed by atoms with Crippen LogP contribution in [0.3, 0.4) is 0 Å². The number of nitrogens with one attached hydrogen (secondary N) is 1. The lowest BCUT2D eigenvalue weighted by Gasteiger charge is -2.15. The zero-order valence-corrected chi connectivity index (χ0v) is 10.6. The second-order valence-corrected chi connectivity index (χ2v) is 4.29. The second-order valence-electron chi connectivity index (χ2n) is 3.30. The molecular weight excluding hydrogens is 230 g/mol. The normalized spacial score (nSPS) is 11.7. The van der Waals surface area contributed by atoms with E-state index in [1.54, 1.807) is 11.8 Å². The summed E-state index contributed by atoms with van der Waals surface area (Å²) in [6, 6.07) is -0.663. The van der Waals surface area contributed by atoms with Crippen LogP contribution in [0.4, 0.5) is 0 Å². The molecule has 0 aromatic heterocycles. The van der Waals surface area contributed by atoms with Crippen LogP contribution >= 0.6 is 11.8 Å². The highest BCUT2D eigenvalue weighted by atomic mass is 32.2. The van der Waals surface area contributed by atoms with Crippen molar-refractivity contribution in [2.24, 2.45) is 0 Å². The molecule has 0 radical (unpaired) electrons. The van der Waals surface area contributed by atoms with E-state index in [0.717, 1.165) is 5.75 Å². The predicted molar refractivity (Wildman–Crippen MR) is 62.2 cm³/mol. The summed E-state index contributed by atoms with van der Waals surface area (Å²) in [4.78, 5) is 33.3. The van der Waals surface area contributed by atoms with E-state index in [0.29, 0.717) is 6.42 Å². The molecule has 1 atom stereocenters. The average Bonchev–Trinajstić information content (AvgIpc) is 2.21. The van der Waals surface area contributed by atoms with Crippen molar-refractivity contribution in [1.29, 1.82) is 0 Å². The maximum atomic E-state index is 11.3. The summed E-state index contributed by atoms with van der Waals surface area (Å²) in [5.74, 6) is -0.416. The van der Waals surface area contributed by atoms with Crippen molar-refractivity contribution in [3.05, 3.63) is 0 Å². The molecule has 1 unspecified atom stereocenters. The summed E-state index contributed by atoms with van der Waals surface area (Å²) in [6.45, 7) is 1.33. The van der Waals surface area contributed by atoms with Gasteiger partial charge in [0.2, 0.25) is 5.91 Å². The van der Waals surface area contributed by atoms with Gasteiger partial charge < -0.3 is 10.1 Å². The fourth-order valence-electron chi connectivity index (χ4n) is 1.10. The van der Waals surface area contributed by atoms with Gasteiger partial charge >= 0.3 is 5.97 Å². The van der Waals surface area contributed by atoms with E-state index in [1.807, 2.05) is 6.26 Å². The van der Waals surface area contributed by atoms with Crippen molar-refractivity contribution in [3.8, 4) is 0 Å². The third-order valence-corrected chi connectivity index (χ3v) is 2.49. The van der Waals surface area contributed by atoms with Gasteiger partial charge in [0, 0.05) is 0 Å². The quantitative estimate of drug-likeness (QED) is 0.520. The smallest absolute Gasteiger partial charge is 0.328 e. The van der Waals surface area contributed by atoms with Crippen LogP contribution < -0.4 is 5.32 Å². The molecule has 0 fully saturated rings. The number of rotatable bonds is 7. The van der Waals surface area contributed by atoms with Crippen LogP contribution in [0.25, 0.3) is 0 Å². The molecule has 0 aromatic rings. The monoisotopic (exact) mass is 247 g/mol. The summed E-state index contributed by atoms with van der Waals surface area (Å²) in [6.07, 6.45) is 2.20. The number of carbonyl (C=O) groups excluding carboxylic acids is 3. The Morgan fingerprint density at radius 3 is 2.44 bits per heavy atom. The van der Waals surface area contributed by atoms with Crippen LogP contribution in [0.5, 0.6) is 0 Å². The van der Waals surface area contributed by atoms with Crippen LogP contribution in [0.2, 0.25) is 0 Å². The maximum Gasteiger partial charge on any atom is 0.328 e. The molecule has 16 heavy (non-hydrogen) atoms. The first-order valence-corrected chi connectivity index (χ1v) is 6.26. The van der Waals surface area contributed by atoms with Crippen molar-refractivity contribution < 1.29 is 19.1 Å². The molecule has 6 heteroatoms. The second kappa shape index (κ2) is 8.15. The Morgan fingerprint density at radius 2 is 2.00 bits per heavy atom. The zero-order valence-electron chi connectivity index (χ0n) is 9.74. The van der Waals surface area contributed by atoms with Crippen molar-refractivity contribution >= 4 is 29.4 Å². The van der Waals surface area contributed by atoms with Crippen LogP contribution in [0, 0.1) is 0 Å².